The maximum Gasteiger partial charge on any atom is 0.253 e. The molecule has 0 bridgehead atoms. The van der Waals surface area contributed by atoms with Gasteiger partial charge < -0.3 is 10.6 Å². The predicted octanol–water partition coefficient (Wildman–Crippen LogP) is 4.83. The molecule has 0 saturated carbocycles. The second-order valence-corrected chi connectivity index (χ2v) is 8.08. The first-order chi connectivity index (χ1) is 10.4. The molecular weight excluding hydrogens is 457 g/mol. The Morgan fingerprint density at radius 2 is 1.73 bits per heavy atom. The lowest BCUT2D eigenvalue weighted by Crippen LogP contribution is -2.49. The van der Waals surface area contributed by atoms with Gasteiger partial charge in [0.15, 0.2) is 0 Å². The molecule has 7 heteroatoms. The first-order valence-corrected chi connectivity index (χ1v) is 8.52. The van der Waals surface area contributed by atoms with Crippen LogP contribution in [0.15, 0.2) is 54.6 Å². The van der Waals surface area contributed by atoms with E-state index in [1.807, 2.05) is 36.4 Å². The van der Waals surface area contributed by atoms with Crippen molar-refractivity contribution in [1.82, 2.24) is 5.32 Å². The Labute approximate surface area is 157 Å². The summed E-state index contributed by atoms with van der Waals surface area (Å²) in [6.45, 7) is 0. The Morgan fingerprint density at radius 3 is 2.32 bits per heavy atom. The number of anilines is 1. The summed E-state index contributed by atoms with van der Waals surface area (Å²) in [6.07, 6.45) is -0.870. The molecule has 1 unspecified atom stereocenters. The van der Waals surface area contributed by atoms with Crippen LogP contribution in [0.1, 0.15) is 10.4 Å². The van der Waals surface area contributed by atoms with Gasteiger partial charge in [0.2, 0.25) is 3.79 Å². The number of para-hydroxylation sites is 1. The summed E-state index contributed by atoms with van der Waals surface area (Å²) >= 11 is 20.0. The van der Waals surface area contributed by atoms with E-state index in [-0.39, 0.29) is 5.91 Å². The number of hydrogen-bond acceptors (Lipinski definition) is 2. The quantitative estimate of drug-likeness (QED) is 0.383. The van der Waals surface area contributed by atoms with Gasteiger partial charge in [-0.25, -0.2) is 0 Å². The largest absolute Gasteiger partial charge is 0.362 e. The Morgan fingerprint density at radius 1 is 1.05 bits per heavy atom. The standard InChI is InChI=1S/C15H12Cl3IN2O/c16-15(17,18)14(20-12-7-2-1-3-8-12)21-13(22)10-5-4-6-11(19)9-10/h1-9,14,20H,(H,21,22). The molecule has 0 heterocycles. The lowest BCUT2D eigenvalue weighted by atomic mass is 10.2. The summed E-state index contributed by atoms with van der Waals surface area (Å²) in [5, 5.41) is 5.70. The first kappa shape index (κ1) is 17.7. The number of rotatable bonds is 4. The number of benzene rings is 2. The Bertz CT molecular complexity index is 647. The van der Waals surface area contributed by atoms with Gasteiger partial charge >= 0.3 is 0 Å². The highest BCUT2D eigenvalue weighted by Gasteiger charge is 2.34. The smallest absolute Gasteiger partial charge is 0.253 e. The topological polar surface area (TPSA) is 41.1 Å². The van der Waals surface area contributed by atoms with Crippen molar-refractivity contribution in [2.24, 2.45) is 0 Å². The number of carbonyl (C=O) groups is 1. The van der Waals surface area contributed by atoms with Crippen molar-refractivity contribution in [3.63, 3.8) is 0 Å². The van der Waals surface area contributed by atoms with Crippen LogP contribution in [-0.4, -0.2) is 15.9 Å². The maximum atomic E-state index is 12.3. The summed E-state index contributed by atoms with van der Waals surface area (Å²) in [5.74, 6) is -0.321. The van der Waals surface area contributed by atoms with Gasteiger partial charge in [0.1, 0.15) is 6.17 Å². The van der Waals surface area contributed by atoms with E-state index < -0.39 is 9.96 Å². The van der Waals surface area contributed by atoms with E-state index in [1.54, 1.807) is 18.2 Å². The third kappa shape index (κ3) is 5.19. The predicted molar refractivity (Wildman–Crippen MR) is 101 cm³/mol. The maximum absolute atomic E-state index is 12.3. The minimum Gasteiger partial charge on any atom is -0.362 e. The second-order valence-electron chi connectivity index (χ2n) is 4.47. The molecule has 2 N–H and O–H groups in total. The zero-order valence-corrected chi connectivity index (χ0v) is 15.6. The first-order valence-electron chi connectivity index (χ1n) is 6.31. The molecule has 0 aliphatic carbocycles. The Hall–Kier alpha value is -0.690. The number of amides is 1. The molecule has 2 aromatic carbocycles. The van der Waals surface area contributed by atoms with Crippen molar-refractivity contribution >= 4 is 69.0 Å². The van der Waals surface area contributed by atoms with Gasteiger partial charge in [0.25, 0.3) is 5.91 Å². The number of alkyl halides is 3. The highest BCUT2D eigenvalue weighted by Crippen LogP contribution is 2.31. The highest BCUT2D eigenvalue weighted by atomic mass is 127. The van der Waals surface area contributed by atoms with Crippen molar-refractivity contribution in [1.29, 1.82) is 0 Å². The van der Waals surface area contributed by atoms with E-state index in [4.69, 9.17) is 34.8 Å². The molecule has 22 heavy (non-hydrogen) atoms. The van der Waals surface area contributed by atoms with E-state index in [0.29, 0.717) is 5.56 Å². The summed E-state index contributed by atoms with van der Waals surface area (Å²) in [4.78, 5) is 12.3. The molecule has 0 spiro atoms. The van der Waals surface area contributed by atoms with Gasteiger partial charge in [-0.05, 0) is 52.9 Å². The van der Waals surface area contributed by atoms with Crippen LogP contribution in [0.5, 0.6) is 0 Å². The molecule has 0 aliphatic heterocycles. The summed E-state index contributed by atoms with van der Waals surface area (Å²) in [6, 6.07) is 16.4. The number of nitrogens with one attached hydrogen (secondary N) is 2. The molecule has 1 atom stereocenters. The van der Waals surface area contributed by atoms with Crippen LogP contribution in [0, 0.1) is 3.57 Å². The monoisotopic (exact) mass is 468 g/mol. The molecular formula is C15H12Cl3IN2O. The van der Waals surface area contributed by atoms with Gasteiger partial charge in [0, 0.05) is 14.8 Å². The van der Waals surface area contributed by atoms with Crippen molar-refractivity contribution in [2.45, 2.75) is 9.96 Å². The molecule has 0 saturated heterocycles. The zero-order valence-electron chi connectivity index (χ0n) is 11.2. The lowest BCUT2D eigenvalue weighted by molar-refractivity contribution is 0.0942. The molecule has 2 aromatic rings. The molecule has 0 aromatic heterocycles. The summed E-state index contributed by atoms with van der Waals surface area (Å²) in [7, 11) is 0. The van der Waals surface area contributed by atoms with E-state index >= 15 is 0 Å². The second kappa shape index (κ2) is 7.73. The Kier molecular flexibility index (Phi) is 6.20. The average molecular weight is 470 g/mol. The Balaban J connectivity index is 2.15. The number of halogens is 4. The van der Waals surface area contributed by atoms with Gasteiger partial charge in [0.05, 0.1) is 0 Å². The van der Waals surface area contributed by atoms with Crippen molar-refractivity contribution in [3.8, 4) is 0 Å². The molecule has 2 rings (SSSR count). The fourth-order valence-corrected chi connectivity index (χ4v) is 2.62. The van der Waals surface area contributed by atoms with Crippen molar-refractivity contribution < 1.29 is 4.79 Å². The van der Waals surface area contributed by atoms with E-state index in [1.165, 1.54) is 0 Å². The number of carbonyl (C=O) groups excluding carboxylic acids is 1. The SMILES string of the molecule is O=C(NC(Nc1ccccc1)C(Cl)(Cl)Cl)c1cccc(I)c1. The molecule has 0 radical (unpaired) electrons. The van der Waals surface area contributed by atoms with Gasteiger partial charge in [-0.2, -0.15) is 0 Å². The lowest BCUT2D eigenvalue weighted by Gasteiger charge is -2.27. The van der Waals surface area contributed by atoms with Crippen LogP contribution < -0.4 is 10.6 Å². The minimum absolute atomic E-state index is 0.321. The van der Waals surface area contributed by atoms with Crippen LogP contribution in [0.25, 0.3) is 0 Å². The molecule has 0 aliphatic rings. The van der Waals surface area contributed by atoms with Crippen LogP contribution in [-0.2, 0) is 0 Å². The van der Waals surface area contributed by atoms with Crippen molar-refractivity contribution in [3.05, 3.63) is 63.7 Å². The van der Waals surface area contributed by atoms with Crippen LogP contribution in [0.2, 0.25) is 0 Å². The highest BCUT2D eigenvalue weighted by molar-refractivity contribution is 14.1. The fraction of sp³-hybridized carbons (Fsp3) is 0.133. The van der Waals surface area contributed by atoms with Crippen molar-refractivity contribution in [2.75, 3.05) is 5.32 Å². The average Bonchev–Trinajstić information content (AvgIpc) is 2.46. The van der Waals surface area contributed by atoms with Crippen LogP contribution in [0.4, 0.5) is 5.69 Å². The summed E-state index contributed by atoms with van der Waals surface area (Å²) < 4.78 is -0.750. The van der Waals surface area contributed by atoms with Crippen LogP contribution >= 0.6 is 57.4 Å². The van der Waals surface area contributed by atoms with Gasteiger partial charge in [-0.15, -0.1) is 0 Å². The molecule has 3 nitrogen and oxygen atoms in total. The van der Waals surface area contributed by atoms with Gasteiger partial charge in [-0.1, -0.05) is 59.1 Å². The molecule has 1 amide bonds. The third-order valence-corrected chi connectivity index (χ3v) is 4.10. The van der Waals surface area contributed by atoms with E-state index in [2.05, 4.69) is 33.2 Å². The summed E-state index contributed by atoms with van der Waals surface area (Å²) in [5.41, 5.74) is 1.24. The molecule has 0 fully saturated rings. The normalized spacial score (nSPS) is 12.5. The van der Waals surface area contributed by atoms with Crippen LogP contribution in [0.3, 0.4) is 0 Å². The minimum atomic E-state index is -1.70. The molecule has 116 valence electrons. The zero-order chi connectivity index (χ0) is 16.2. The third-order valence-electron chi connectivity index (χ3n) is 2.77. The number of hydrogen-bond donors (Lipinski definition) is 2. The fourth-order valence-electron chi connectivity index (χ4n) is 1.74. The van der Waals surface area contributed by atoms with E-state index in [9.17, 15) is 4.79 Å². The van der Waals surface area contributed by atoms with Gasteiger partial charge in [-0.3, -0.25) is 4.79 Å². The van der Waals surface area contributed by atoms with E-state index in [0.717, 1.165) is 9.26 Å².